The van der Waals surface area contributed by atoms with Crippen molar-refractivity contribution in [1.29, 1.82) is 0 Å². The summed E-state index contributed by atoms with van der Waals surface area (Å²) >= 11 is 0. The van der Waals surface area contributed by atoms with Crippen LogP contribution >= 0.6 is 0 Å². The summed E-state index contributed by atoms with van der Waals surface area (Å²) in [4.78, 5) is 6.51. The molecule has 0 heterocycles. The van der Waals surface area contributed by atoms with Crippen LogP contribution in [0.25, 0.3) is 0 Å². The smallest absolute Gasteiger partial charge is 0.193 e. The van der Waals surface area contributed by atoms with Crippen molar-refractivity contribution in [2.75, 3.05) is 26.5 Å². The predicted octanol–water partition coefficient (Wildman–Crippen LogP) is 2.68. The fraction of sp³-hybridized carbons (Fsp3) is 0.278. The molecule has 0 atom stereocenters. The number of guanidine groups is 1. The molecule has 5 heteroatoms. The van der Waals surface area contributed by atoms with Gasteiger partial charge < -0.3 is 20.7 Å². The molecule has 0 saturated carbocycles. The highest BCUT2D eigenvalue weighted by atomic mass is 16.5. The fourth-order valence-corrected chi connectivity index (χ4v) is 2.15. The maximum atomic E-state index is 5.92. The van der Waals surface area contributed by atoms with Gasteiger partial charge in [-0.25, -0.2) is 4.99 Å². The van der Waals surface area contributed by atoms with Gasteiger partial charge in [0.15, 0.2) is 5.96 Å². The SMILES string of the molecule is COc1ccc(NC(N)=NCc2ccc(CN(C)C)cc2)cc1. The molecule has 0 aromatic heterocycles. The summed E-state index contributed by atoms with van der Waals surface area (Å²) in [6.45, 7) is 1.49. The second-order valence-corrected chi connectivity index (χ2v) is 5.61. The van der Waals surface area contributed by atoms with Crippen molar-refractivity contribution >= 4 is 11.6 Å². The number of ether oxygens (including phenoxy) is 1. The topological polar surface area (TPSA) is 62.9 Å². The van der Waals surface area contributed by atoms with E-state index in [1.807, 2.05) is 24.3 Å². The first kappa shape index (κ1) is 16.8. The van der Waals surface area contributed by atoms with Gasteiger partial charge in [-0.15, -0.1) is 0 Å². The number of anilines is 1. The van der Waals surface area contributed by atoms with Crippen molar-refractivity contribution in [2.24, 2.45) is 10.7 Å². The first-order chi connectivity index (χ1) is 11.1. The summed E-state index contributed by atoms with van der Waals surface area (Å²) in [5.41, 5.74) is 9.22. The quantitative estimate of drug-likeness (QED) is 0.636. The Hall–Kier alpha value is -2.53. The molecule has 0 spiro atoms. The Morgan fingerprint density at radius 2 is 1.65 bits per heavy atom. The van der Waals surface area contributed by atoms with Crippen LogP contribution in [0, 0.1) is 0 Å². The Bertz CT molecular complexity index is 633. The van der Waals surface area contributed by atoms with Crippen molar-refractivity contribution < 1.29 is 4.74 Å². The molecule has 0 aliphatic heterocycles. The van der Waals surface area contributed by atoms with E-state index in [4.69, 9.17) is 10.5 Å². The second-order valence-electron chi connectivity index (χ2n) is 5.61. The monoisotopic (exact) mass is 312 g/mol. The Balaban J connectivity index is 1.90. The summed E-state index contributed by atoms with van der Waals surface area (Å²) in [5, 5.41) is 3.07. The maximum absolute atomic E-state index is 5.92. The minimum atomic E-state index is 0.396. The molecule has 2 aromatic carbocycles. The van der Waals surface area contributed by atoms with E-state index in [-0.39, 0.29) is 0 Å². The Labute approximate surface area is 137 Å². The van der Waals surface area contributed by atoms with Gasteiger partial charge in [-0.2, -0.15) is 0 Å². The van der Waals surface area contributed by atoms with E-state index in [2.05, 4.69) is 53.6 Å². The maximum Gasteiger partial charge on any atom is 0.193 e. The highest BCUT2D eigenvalue weighted by Gasteiger charge is 1.98. The van der Waals surface area contributed by atoms with Crippen molar-refractivity contribution in [3.63, 3.8) is 0 Å². The number of aliphatic imine (C=N–C) groups is 1. The zero-order valence-electron chi connectivity index (χ0n) is 13.9. The molecule has 0 radical (unpaired) electrons. The molecule has 3 N–H and O–H groups in total. The molecule has 5 nitrogen and oxygen atoms in total. The number of nitrogens with one attached hydrogen (secondary N) is 1. The third-order valence-corrected chi connectivity index (χ3v) is 3.32. The van der Waals surface area contributed by atoms with Crippen LogP contribution in [0.15, 0.2) is 53.5 Å². The van der Waals surface area contributed by atoms with E-state index in [1.54, 1.807) is 7.11 Å². The largest absolute Gasteiger partial charge is 0.497 e. The van der Waals surface area contributed by atoms with Crippen LogP contribution < -0.4 is 15.8 Å². The van der Waals surface area contributed by atoms with Gasteiger partial charge in [0, 0.05) is 12.2 Å². The molecule has 0 fully saturated rings. The molecule has 2 rings (SSSR count). The Morgan fingerprint density at radius 1 is 1.04 bits per heavy atom. The van der Waals surface area contributed by atoms with Gasteiger partial charge in [-0.05, 0) is 49.5 Å². The zero-order chi connectivity index (χ0) is 16.7. The molecule has 0 unspecified atom stereocenters. The lowest BCUT2D eigenvalue weighted by molar-refractivity contribution is 0.402. The van der Waals surface area contributed by atoms with Gasteiger partial charge in [-0.1, -0.05) is 24.3 Å². The minimum Gasteiger partial charge on any atom is -0.497 e. The van der Waals surface area contributed by atoms with Crippen LogP contribution in [-0.4, -0.2) is 32.1 Å². The van der Waals surface area contributed by atoms with Crippen LogP contribution in [0.3, 0.4) is 0 Å². The summed E-state index contributed by atoms with van der Waals surface area (Å²) in [6, 6.07) is 16.0. The highest BCUT2D eigenvalue weighted by Crippen LogP contribution is 2.14. The van der Waals surface area contributed by atoms with Gasteiger partial charge in [0.05, 0.1) is 13.7 Å². The van der Waals surface area contributed by atoms with E-state index < -0.39 is 0 Å². The van der Waals surface area contributed by atoms with Crippen LogP contribution in [0.1, 0.15) is 11.1 Å². The first-order valence-electron chi connectivity index (χ1n) is 7.50. The number of hydrogen-bond acceptors (Lipinski definition) is 3. The van der Waals surface area contributed by atoms with Gasteiger partial charge in [0.2, 0.25) is 0 Å². The van der Waals surface area contributed by atoms with Gasteiger partial charge in [0.25, 0.3) is 0 Å². The lowest BCUT2D eigenvalue weighted by atomic mass is 10.1. The fourth-order valence-electron chi connectivity index (χ4n) is 2.15. The molecule has 0 saturated heterocycles. The summed E-state index contributed by atoms with van der Waals surface area (Å²) < 4.78 is 5.12. The number of rotatable bonds is 6. The van der Waals surface area contributed by atoms with Gasteiger partial charge in [-0.3, -0.25) is 0 Å². The molecule has 0 aliphatic carbocycles. The second kappa shape index (κ2) is 8.19. The standard InChI is InChI=1S/C18H24N4O/c1-22(2)13-15-6-4-14(5-7-15)12-20-18(19)21-16-8-10-17(23-3)11-9-16/h4-11H,12-13H2,1-3H3,(H3,19,20,21). The van der Waals surface area contributed by atoms with Gasteiger partial charge >= 0.3 is 0 Å². The highest BCUT2D eigenvalue weighted by molar-refractivity contribution is 5.92. The molecular weight excluding hydrogens is 288 g/mol. The molecule has 23 heavy (non-hydrogen) atoms. The Morgan fingerprint density at radius 3 is 2.22 bits per heavy atom. The van der Waals surface area contributed by atoms with Crippen molar-refractivity contribution in [3.8, 4) is 5.75 Å². The third-order valence-electron chi connectivity index (χ3n) is 3.32. The molecule has 122 valence electrons. The van der Waals surface area contributed by atoms with E-state index in [0.29, 0.717) is 12.5 Å². The zero-order valence-corrected chi connectivity index (χ0v) is 13.9. The van der Waals surface area contributed by atoms with E-state index in [1.165, 1.54) is 5.56 Å². The molecule has 0 amide bonds. The lowest BCUT2D eigenvalue weighted by Gasteiger charge is -2.10. The molecule has 2 aromatic rings. The number of hydrogen-bond donors (Lipinski definition) is 2. The normalized spacial score (nSPS) is 11.6. The average Bonchev–Trinajstić information content (AvgIpc) is 2.54. The minimum absolute atomic E-state index is 0.396. The number of methoxy groups -OCH3 is 1. The van der Waals surface area contributed by atoms with Crippen LogP contribution in [0.5, 0.6) is 5.75 Å². The average molecular weight is 312 g/mol. The van der Waals surface area contributed by atoms with Crippen molar-refractivity contribution in [1.82, 2.24) is 4.90 Å². The Kier molecular flexibility index (Phi) is 6.00. The third kappa shape index (κ3) is 5.64. The van der Waals surface area contributed by atoms with E-state index >= 15 is 0 Å². The number of nitrogens with zero attached hydrogens (tertiary/aromatic N) is 2. The van der Waals surface area contributed by atoms with Crippen molar-refractivity contribution in [2.45, 2.75) is 13.1 Å². The number of nitrogens with two attached hydrogens (primary N) is 1. The lowest BCUT2D eigenvalue weighted by Crippen LogP contribution is -2.22. The molecule has 0 aliphatic rings. The van der Waals surface area contributed by atoms with Crippen LogP contribution in [0.4, 0.5) is 5.69 Å². The first-order valence-corrected chi connectivity index (χ1v) is 7.50. The van der Waals surface area contributed by atoms with E-state index in [9.17, 15) is 0 Å². The van der Waals surface area contributed by atoms with Crippen molar-refractivity contribution in [3.05, 3.63) is 59.7 Å². The summed E-state index contributed by atoms with van der Waals surface area (Å²) in [6.07, 6.45) is 0. The molecule has 0 bridgehead atoms. The van der Waals surface area contributed by atoms with Gasteiger partial charge in [0.1, 0.15) is 5.75 Å². The summed E-state index contributed by atoms with van der Waals surface area (Å²) in [5.74, 6) is 1.21. The number of benzene rings is 2. The van der Waals surface area contributed by atoms with Crippen LogP contribution in [-0.2, 0) is 13.1 Å². The van der Waals surface area contributed by atoms with Crippen LogP contribution in [0.2, 0.25) is 0 Å². The molecular formula is C18H24N4O. The summed E-state index contributed by atoms with van der Waals surface area (Å²) in [7, 11) is 5.76. The predicted molar refractivity (Wildman–Crippen MR) is 95.8 cm³/mol. The van der Waals surface area contributed by atoms with E-state index in [0.717, 1.165) is 23.5 Å².